The molecule has 2 N–H and O–H groups in total. The van der Waals surface area contributed by atoms with Gasteiger partial charge < -0.3 is 0 Å². The standard InChI is InChI=1S/C3H7.CHO2.CH3.H2O.Zr/c1-3-2;2-1-3;;;/h1,3H2,2H3;(H,2,3);1H3;1H2;/q;;;;+1/p-1. The van der Waals surface area contributed by atoms with Crippen LogP contribution in [0.2, 0.25) is 8.76 Å². The fraction of sp³-hybridized carbons (Fsp3) is 0.800. The van der Waals surface area contributed by atoms with Gasteiger partial charge in [0, 0.05) is 0 Å². The fourth-order valence-electron chi connectivity index (χ4n) is 0.594. The predicted molar refractivity (Wildman–Crippen MR) is 31.2 cm³/mol. The summed E-state index contributed by atoms with van der Waals surface area (Å²) in [5.74, 6) is 0. The van der Waals surface area contributed by atoms with Gasteiger partial charge in [-0.15, -0.1) is 0 Å². The molecule has 3 nitrogen and oxygen atoms in total. The summed E-state index contributed by atoms with van der Waals surface area (Å²) in [5.41, 5.74) is 0. The van der Waals surface area contributed by atoms with Crippen molar-refractivity contribution in [3.63, 3.8) is 0 Å². The van der Waals surface area contributed by atoms with Crippen LogP contribution in [0.3, 0.4) is 0 Å². The summed E-state index contributed by atoms with van der Waals surface area (Å²) in [6.45, 7) is 1.88. The van der Waals surface area contributed by atoms with Crippen molar-refractivity contribution in [3.05, 3.63) is 0 Å². The SMILES string of the molecule is CC[CH2][Zr]([CH3])([OH])[C](=O)O. The predicted octanol–water partition coefficient (Wildman–Crippen LogP) is 1.60. The Labute approximate surface area is 59.7 Å². The van der Waals surface area contributed by atoms with Crippen molar-refractivity contribution in [3.8, 4) is 0 Å². The molecule has 1 atom stereocenters. The topological polar surface area (TPSA) is 57.5 Å². The summed E-state index contributed by atoms with van der Waals surface area (Å²) in [4.78, 5) is 10.3. The van der Waals surface area contributed by atoms with Gasteiger partial charge in [-0.3, -0.25) is 0 Å². The zero-order valence-corrected chi connectivity index (χ0v) is 8.17. The van der Waals surface area contributed by atoms with Crippen molar-refractivity contribution in [2.75, 3.05) is 0 Å². The first kappa shape index (κ1) is 9.31. The van der Waals surface area contributed by atoms with Crippen molar-refractivity contribution in [1.82, 2.24) is 0 Å². The molecule has 0 radical (unpaired) electrons. The van der Waals surface area contributed by atoms with Crippen LogP contribution in [0.15, 0.2) is 0 Å². The number of carboxylic acid groups (broad SMARTS) is 1. The van der Waals surface area contributed by atoms with Crippen molar-refractivity contribution >= 4 is 3.68 Å². The fourth-order valence-corrected chi connectivity index (χ4v) is 3.51. The molecule has 0 aromatic carbocycles. The van der Waals surface area contributed by atoms with E-state index < -0.39 is 24.4 Å². The Morgan fingerprint density at radius 1 is 1.67 bits per heavy atom. The van der Waals surface area contributed by atoms with E-state index in [9.17, 15) is 7.98 Å². The molecule has 0 aliphatic heterocycles. The minimum absolute atomic E-state index is 0.518. The van der Waals surface area contributed by atoms with E-state index in [-0.39, 0.29) is 0 Å². The van der Waals surface area contributed by atoms with Crippen LogP contribution in [0.5, 0.6) is 0 Å². The Morgan fingerprint density at radius 2 is 2.11 bits per heavy atom. The zero-order chi connectivity index (χ0) is 7.49. The maximum atomic E-state index is 10.3. The van der Waals surface area contributed by atoms with Crippen LogP contribution in [0.4, 0.5) is 4.79 Å². The summed E-state index contributed by atoms with van der Waals surface area (Å²) in [6, 6.07) is 0. The molecule has 0 aliphatic carbocycles. The van der Waals surface area contributed by atoms with Crippen LogP contribution in [0, 0.1) is 0 Å². The molecule has 54 valence electrons. The van der Waals surface area contributed by atoms with E-state index in [2.05, 4.69) is 0 Å². The molecule has 0 amide bonds. The van der Waals surface area contributed by atoms with E-state index in [0.29, 0.717) is 4.13 Å². The van der Waals surface area contributed by atoms with E-state index in [1.54, 1.807) is 0 Å². The minimum atomic E-state index is -3.55. The first-order valence-electron chi connectivity index (χ1n) is 2.96. The molecule has 0 rings (SSSR count). The number of carbonyl (C=O) groups is 1. The summed E-state index contributed by atoms with van der Waals surface area (Å²) in [7, 11) is 0. The van der Waals surface area contributed by atoms with E-state index in [0.717, 1.165) is 6.42 Å². The molecule has 0 spiro atoms. The van der Waals surface area contributed by atoms with Crippen molar-refractivity contribution in [1.29, 1.82) is 0 Å². The zero-order valence-electron chi connectivity index (χ0n) is 5.72. The van der Waals surface area contributed by atoms with Crippen molar-refractivity contribution in [2.45, 2.75) is 22.1 Å². The molecule has 4 heteroatoms. The Balaban J connectivity index is 3.85. The van der Waals surface area contributed by atoms with Gasteiger partial charge in [-0.2, -0.15) is 0 Å². The molecule has 9 heavy (non-hydrogen) atoms. The van der Waals surface area contributed by atoms with Crippen LogP contribution in [-0.2, 0) is 20.7 Å². The second kappa shape index (κ2) is 3.47. The van der Waals surface area contributed by atoms with Gasteiger partial charge >= 0.3 is 59.6 Å². The van der Waals surface area contributed by atoms with E-state index in [1.807, 2.05) is 6.92 Å². The molecule has 0 aromatic rings. The summed E-state index contributed by atoms with van der Waals surface area (Å²) in [6.07, 6.45) is 0.773. The molecule has 0 fully saturated rings. The Kier molecular flexibility index (Phi) is 3.59. The Bertz CT molecular complexity index is 111. The molecule has 0 aromatic heterocycles. The first-order valence-corrected chi connectivity index (χ1v) is 9.49. The monoisotopic (exact) mass is 210 g/mol. The van der Waals surface area contributed by atoms with Crippen LogP contribution in [0.25, 0.3) is 0 Å². The second-order valence-electron chi connectivity index (χ2n) is 2.33. The molecule has 1 unspecified atom stereocenters. The molecule has 0 heterocycles. The summed E-state index contributed by atoms with van der Waals surface area (Å²) < 4.78 is 10.3. The van der Waals surface area contributed by atoms with Crippen LogP contribution in [-0.4, -0.2) is 12.0 Å². The van der Waals surface area contributed by atoms with Gasteiger partial charge in [0.05, 0.1) is 0 Å². The number of rotatable bonds is 3. The van der Waals surface area contributed by atoms with Gasteiger partial charge in [-0.1, -0.05) is 0 Å². The molecular weight excluding hydrogens is 199 g/mol. The quantitative estimate of drug-likeness (QED) is 0.745. The maximum absolute atomic E-state index is 10.3. The Morgan fingerprint density at radius 3 is 2.22 bits per heavy atom. The van der Waals surface area contributed by atoms with Gasteiger partial charge in [-0.05, 0) is 0 Å². The third-order valence-electron chi connectivity index (χ3n) is 1.20. The van der Waals surface area contributed by atoms with Gasteiger partial charge in [-0.25, -0.2) is 0 Å². The van der Waals surface area contributed by atoms with Crippen molar-refractivity contribution < 1.29 is 33.8 Å². The third kappa shape index (κ3) is 3.12. The number of hydrogen-bond donors (Lipinski definition) is 2. The molecule has 0 aliphatic rings. The second-order valence-corrected chi connectivity index (χ2v) is 10.9. The van der Waals surface area contributed by atoms with Gasteiger partial charge in [0.15, 0.2) is 0 Å². The molecule has 0 saturated carbocycles. The average molecular weight is 211 g/mol. The van der Waals surface area contributed by atoms with Crippen molar-refractivity contribution in [2.24, 2.45) is 0 Å². The van der Waals surface area contributed by atoms with E-state index in [4.69, 9.17) is 5.11 Å². The first-order chi connectivity index (χ1) is 4.00. The van der Waals surface area contributed by atoms with Crippen LogP contribution < -0.4 is 0 Å². The molecule has 0 saturated heterocycles. The van der Waals surface area contributed by atoms with E-state index >= 15 is 0 Å². The van der Waals surface area contributed by atoms with Gasteiger partial charge in [0.2, 0.25) is 0 Å². The summed E-state index contributed by atoms with van der Waals surface area (Å²) >= 11 is -3.55. The third-order valence-corrected chi connectivity index (χ3v) is 7.08. The average Bonchev–Trinajstić information content (AvgIpc) is 1.65. The summed E-state index contributed by atoms with van der Waals surface area (Å²) in [5, 5.41) is 8.42. The van der Waals surface area contributed by atoms with Crippen LogP contribution in [0.1, 0.15) is 13.3 Å². The van der Waals surface area contributed by atoms with Gasteiger partial charge in [0.25, 0.3) is 0 Å². The normalized spacial score (nSPS) is 16.8. The number of hydrogen-bond acceptors (Lipinski definition) is 2. The molecular formula is C5H12O3Zr. The molecule has 0 bridgehead atoms. The van der Waals surface area contributed by atoms with Gasteiger partial charge in [0.1, 0.15) is 0 Å². The van der Waals surface area contributed by atoms with E-state index in [1.165, 1.54) is 4.63 Å². The Hall–Kier alpha value is 0.313. The van der Waals surface area contributed by atoms with Crippen LogP contribution >= 0.6 is 0 Å².